The summed E-state index contributed by atoms with van der Waals surface area (Å²) in [5.41, 5.74) is 3.77. The Morgan fingerprint density at radius 2 is 2.07 bits per heavy atom. The molecule has 0 bridgehead atoms. The number of carbonyl (C=O) groups excluding carboxylic acids is 1. The van der Waals surface area contributed by atoms with E-state index in [1.165, 1.54) is 12.8 Å². The van der Waals surface area contributed by atoms with Gasteiger partial charge in [0.25, 0.3) is 0 Å². The maximum absolute atomic E-state index is 12.5. The van der Waals surface area contributed by atoms with E-state index in [-0.39, 0.29) is 5.97 Å². The van der Waals surface area contributed by atoms with E-state index in [4.69, 9.17) is 4.74 Å². The molecule has 1 aliphatic heterocycles. The molecule has 0 atom stereocenters. The average molecular weight is 394 g/mol. The van der Waals surface area contributed by atoms with Gasteiger partial charge in [-0.05, 0) is 44.4 Å². The van der Waals surface area contributed by atoms with E-state index in [1.807, 2.05) is 26.2 Å². The fraction of sp³-hybridized carbons (Fsp3) is 0.429. The number of aryl methyl sites for hydroxylation is 2. The fourth-order valence-corrected chi connectivity index (χ4v) is 3.84. The number of rotatable bonds is 6. The van der Waals surface area contributed by atoms with Crippen molar-refractivity contribution in [2.45, 2.75) is 33.2 Å². The smallest absolute Gasteiger partial charge is 0.341 e. The molecule has 1 fully saturated rings. The molecule has 3 aromatic rings. The predicted molar refractivity (Wildman–Crippen MR) is 112 cm³/mol. The molecule has 0 amide bonds. The third-order valence-electron chi connectivity index (χ3n) is 5.23. The summed E-state index contributed by atoms with van der Waals surface area (Å²) in [7, 11) is 1.85. The summed E-state index contributed by atoms with van der Waals surface area (Å²) in [5.74, 6) is 0.616. The Labute approximate surface area is 169 Å². The summed E-state index contributed by atoms with van der Waals surface area (Å²) in [6, 6.07) is 4.10. The summed E-state index contributed by atoms with van der Waals surface area (Å²) >= 11 is 0. The van der Waals surface area contributed by atoms with E-state index >= 15 is 0 Å². The van der Waals surface area contributed by atoms with E-state index in [0.29, 0.717) is 24.4 Å². The third kappa shape index (κ3) is 3.74. The molecule has 0 spiro atoms. The third-order valence-corrected chi connectivity index (χ3v) is 5.23. The molecule has 4 heterocycles. The Morgan fingerprint density at radius 3 is 2.83 bits per heavy atom. The van der Waals surface area contributed by atoms with E-state index in [9.17, 15) is 4.79 Å². The fourth-order valence-electron chi connectivity index (χ4n) is 3.84. The van der Waals surface area contributed by atoms with Gasteiger partial charge in [-0.1, -0.05) is 0 Å². The Hall–Kier alpha value is -3.16. The zero-order valence-corrected chi connectivity index (χ0v) is 17.1. The van der Waals surface area contributed by atoms with E-state index in [1.54, 1.807) is 17.8 Å². The Balaban J connectivity index is 1.67. The Kier molecular flexibility index (Phi) is 5.33. The normalized spacial score (nSPS) is 13.8. The molecule has 1 aliphatic rings. The van der Waals surface area contributed by atoms with Crippen LogP contribution in [0.5, 0.6) is 0 Å². The van der Waals surface area contributed by atoms with Crippen molar-refractivity contribution in [2.24, 2.45) is 7.05 Å². The molecule has 1 saturated heterocycles. The first kappa shape index (κ1) is 19.2. The molecular weight excluding hydrogens is 368 g/mol. The maximum Gasteiger partial charge on any atom is 0.341 e. The Morgan fingerprint density at radius 1 is 1.28 bits per heavy atom. The van der Waals surface area contributed by atoms with E-state index in [2.05, 4.69) is 31.3 Å². The molecule has 152 valence electrons. The number of esters is 1. The maximum atomic E-state index is 12.5. The first-order chi connectivity index (χ1) is 14.1. The zero-order valence-electron chi connectivity index (χ0n) is 17.1. The predicted octanol–water partition coefficient (Wildman–Crippen LogP) is 3.06. The van der Waals surface area contributed by atoms with Crippen molar-refractivity contribution in [3.63, 3.8) is 0 Å². The highest BCUT2D eigenvalue weighted by Gasteiger charge is 2.21. The Bertz CT molecular complexity index is 1040. The van der Waals surface area contributed by atoms with Crippen LogP contribution < -0.4 is 10.2 Å². The minimum absolute atomic E-state index is 0.311. The number of ether oxygens (including phenoxy) is 1. The van der Waals surface area contributed by atoms with E-state index in [0.717, 1.165) is 41.2 Å². The number of aromatic nitrogens is 4. The van der Waals surface area contributed by atoms with Gasteiger partial charge in [-0.2, -0.15) is 5.10 Å². The van der Waals surface area contributed by atoms with Crippen LogP contribution in [0.1, 0.15) is 41.4 Å². The number of fused-ring (bicyclic) bond motifs is 1. The number of hydrogen-bond donors (Lipinski definition) is 1. The molecule has 0 aliphatic carbocycles. The number of pyridine rings is 2. The molecule has 8 nitrogen and oxygen atoms in total. The summed E-state index contributed by atoms with van der Waals surface area (Å²) in [4.78, 5) is 23.8. The van der Waals surface area contributed by atoms with E-state index < -0.39 is 0 Å². The lowest BCUT2D eigenvalue weighted by atomic mass is 10.1. The summed E-state index contributed by atoms with van der Waals surface area (Å²) in [6.45, 7) is 6.69. The van der Waals surface area contributed by atoms with Gasteiger partial charge in [0.2, 0.25) is 0 Å². The minimum Gasteiger partial charge on any atom is -0.462 e. The van der Waals surface area contributed by atoms with Crippen LogP contribution in [0.2, 0.25) is 0 Å². The zero-order chi connectivity index (χ0) is 20.4. The molecular formula is C21H26N6O2. The van der Waals surface area contributed by atoms with Crippen LogP contribution in [-0.4, -0.2) is 45.4 Å². The van der Waals surface area contributed by atoms with Crippen molar-refractivity contribution < 1.29 is 9.53 Å². The molecule has 0 unspecified atom stereocenters. The van der Waals surface area contributed by atoms with Crippen LogP contribution in [0.25, 0.3) is 11.0 Å². The second-order valence-corrected chi connectivity index (χ2v) is 7.24. The molecule has 29 heavy (non-hydrogen) atoms. The monoisotopic (exact) mass is 394 g/mol. The topological polar surface area (TPSA) is 85.2 Å². The summed E-state index contributed by atoms with van der Waals surface area (Å²) in [6.07, 6.45) is 5.82. The number of carbonyl (C=O) groups is 1. The lowest BCUT2D eigenvalue weighted by molar-refractivity contribution is 0.0527. The van der Waals surface area contributed by atoms with Crippen molar-refractivity contribution in [2.75, 3.05) is 29.9 Å². The molecule has 4 rings (SSSR count). The lowest BCUT2D eigenvalue weighted by Crippen LogP contribution is -2.19. The number of hydrogen-bond acceptors (Lipinski definition) is 7. The molecule has 3 aromatic heterocycles. The van der Waals surface area contributed by atoms with Crippen LogP contribution >= 0.6 is 0 Å². The minimum atomic E-state index is -0.389. The number of anilines is 2. The van der Waals surface area contributed by atoms with Crippen LogP contribution in [0.15, 0.2) is 24.5 Å². The van der Waals surface area contributed by atoms with Crippen molar-refractivity contribution in [3.05, 3.63) is 41.3 Å². The number of nitrogens with zero attached hydrogens (tertiary/aromatic N) is 5. The SMILES string of the molecule is CCOC(=O)c1cnc2c(c(C)nn2C)c1NCc1ccnc(N2CCCC2)c1. The first-order valence-corrected chi connectivity index (χ1v) is 10.0. The van der Waals surface area contributed by atoms with Gasteiger partial charge in [0.05, 0.1) is 23.4 Å². The first-order valence-electron chi connectivity index (χ1n) is 10.0. The second kappa shape index (κ2) is 8.06. The lowest BCUT2D eigenvalue weighted by Gasteiger charge is -2.17. The summed E-state index contributed by atoms with van der Waals surface area (Å²) in [5, 5.41) is 8.75. The van der Waals surface area contributed by atoms with Gasteiger partial charge in [0, 0.05) is 39.1 Å². The second-order valence-electron chi connectivity index (χ2n) is 7.24. The molecule has 0 radical (unpaired) electrons. The quantitative estimate of drug-likeness (QED) is 0.643. The van der Waals surface area contributed by atoms with Crippen LogP contribution in [-0.2, 0) is 18.3 Å². The van der Waals surface area contributed by atoms with Gasteiger partial charge in [0.15, 0.2) is 5.65 Å². The summed E-state index contributed by atoms with van der Waals surface area (Å²) < 4.78 is 6.96. The largest absolute Gasteiger partial charge is 0.462 e. The van der Waals surface area contributed by atoms with Gasteiger partial charge in [0.1, 0.15) is 11.4 Å². The van der Waals surface area contributed by atoms with Crippen LogP contribution in [0.4, 0.5) is 11.5 Å². The van der Waals surface area contributed by atoms with Crippen molar-refractivity contribution in [1.82, 2.24) is 19.7 Å². The van der Waals surface area contributed by atoms with Gasteiger partial charge >= 0.3 is 5.97 Å². The highest BCUT2D eigenvalue weighted by molar-refractivity contribution is 6.05. The van der Waals surface area contributed by atoms with Crippen molar-refractivity contribution in [1.29, 1.82) is 0 Å². The highest BCUT2D eigenvalue weighted by atomic mass is 16.5. The molecule has 8 heteroatoms. The van der Waals surface area contributed by atoms with Crippen LogP contribution in [0, 0.1) is 6.92 Å². The number of nitrogens with one attached hydrogen (secondary N) is 1. The average Bonchev–Trinajstić information content (AvgIpc) is 3.35. The molecule has 0 aromatic carbocycles. The van der Waals surface area contributed by atoms with Crippen molar-refractivity contribution >= 4 is 28.5 Å². The molecule has 1 N–H and O–H groups in total. The molecule has 0 saturated carbocycles. The van der Waals surface area contributed by atoms with Crippen molar-refractivity contribution in [3.8, 4) is 0 Å². The van der Waals surface area contributed by atoms with Gasteiger partial charge in [-0.3, -0.25) is 4.68 Å². The van der Waals surface area contributed by atoms with Gasteiger partial charge in [-0.15, -0.1) is 0 Å². The van der Waals surface area contributed by atoms with Gasteiger partial charge < -0.3 is 15.0 Å². The van der Waals surface area contributed by atoms with Gasteiger partial charge in [-0.25, -0.2) is 14.8 Å². The highest BCUT2D eigenvalue weighted by Crippen LogP contribution is 2.30. The van der Waals surface area contributed by atoms with Crippen LogP contribution in [0.3, 0.4) is 0 Å². The standard InChI is InChI=1S/C21H26N6O2/c1-4-29-21(28)16-13-24-20-18(14(2)25-26(20)3)19(16)23-12-15-7-8-22-17(11-15)27-9-5-6-10-27/h7-8,11,13H,4-6,9-10,12H2,1-3H3,(H,23,24).